The first-order valence-corrected chi connectivity index (χ1v) is 5.72. The van der Waals surface area contributed by atoms with Crippen LogP contribution in [-0.4, -0.2) is 22.6 Å². The fourth-order valence-corrected chi connectivity index (χ4v) is 1.61. The van der Waals surface area contributed by atoms with Crippen LogP contribution in [-0.2, 0) is 11.3 Å². The van der Waals surface area contributed by atoms with E-state index in [-0.39, 0.29) is 17.7 Å². The van der Waals surface area contributed by atoms with Crippen molar-refractivity contribution in [1.29, 1.82) is 0 Å². The zero-order valence-corrected chi connectivity index (χ0v) is 10.1. The summed E-state index contributed by atoms with van der Waals surface area (Å²) in [4.78, 5) is 13.4. The van der Waals surface area contributed by atoms with Gasteiger partial charge in [0.15, 0.2) is 0 Å². The van der Waals surface area contributed by atoms with Gasteiger partial charge in [-0.1, -0.05) is 30.3 Å². The molecule has 1 rings (SSSR count). The van der Waals surface area contributed by atoms with Gasteiger partial charge in [0.05, 0.1) is 5.75 Å². The van der Waals surface area contributed by atoms with Gasteiger partial charge in [0, 0.05) is 12.6 Å². The maximum atomic E-state index is 11.6. The fourth-order valence-electron chi connectivity index (χ4n) is 1.43. The molecule has 1 amide bonds. The first kappa shape index (κ1) is 12.1. The van der Waals surface area contributed by atoms with Gasteiger partial charge in [0.1, 0.15) is 0 Å². The summed E-state index contributed by atoms with van der Waals surface area (Å²) in [7, 11) is 0. The van der Waals surface area contributed by atoms with Crippen molar-refractivity contribution in [2.24, 2.45) is 0 Å². The van der Waals surface area contributed by atoms with Crippen molar-refractivity contribution in [3.63, 3.8) is 0 Å². The average molecular weight is 223 g/mol. The normalized spacial score (nSPS) is 10.4. The highest BCUT2D eigenvalue weighted by Gasteiger charge is 2.15. The lowest BCUT2D eigenvalue weighted by Crippen LogP contribution is -2.37. The molecule has 0 aliphatic heterocycles. The predicted octanol–water partition coefficient (Wildman–Crippen LogP) is 2.35. The first-order valence-electron chi connectivity index (χ1n) is 5.09. The predicted molar refractivity (Wildman–Crippen MR) is 66.0 cm³/mol. The number of amides is 1. The van der Waals surface area contributed by atoms with Gasteiger partial charge in [-0.25, -0.2) is 0 Å². The molecule has 82 valence electrons. The Morgan fingerprint density at radius 1 is 1.33 bits per heavy atom. The Hall–Kier alpha value is -0.960. The molecular weight excluding hydrogens is 206 g/mol. The van der Waals surface area contributed by atoms with Gasteiger partial charge in [-0.15, -0.1) is 0 Å². The van der Waals surface area contributed by atoms with Crippen LogP contribution in [0.15, 0.2) is 30.3 Å². The molecule has 1 aromatic rings. The molecule has 0 N–H and O–H groups in total. The molecule has 0 fully saturated rings. The molecule has 0 atom stereocenters. The van der Waals surface area contributed by atoms with E-state index >= 15 is 0 Å². The summed E-state index contributed by atoms with van der Waals surface area (Å²) in [5.74, 6) is 0.350. The third-order valence-electron chi connectivity index (χ3n) is 2.27. The van der Waals surface area contributed by atoms with Gasteiger partial charge in [-0.2, -0.15) is 12.6 Å². The van der Waals surface area contributed by atoms with E-state index in [4.69, 9.17) is 0 Å². The largest absolute Gasteiger partial charge is 0.335 e. The monoisotopic (exact) mass is 223 g/mol. The van der Waals surface area contributed by atoms with Crippen LogP contribution < -0.4 is 0 Å². The van der Waals surface area contributed by atoms with E-state index in [9.17, 15) is 4.79 Å². The van der Waals surface area contributed by atoms with Crippen LogP contribution in [0.2, 0.25) is 0 Å². The second kappa shape index (κ2) is 5.81. The van der Waals surface area contributed by atoms with Gasteiger partial charge in [-0.3, -0.25) is 4.79 Å². The second-order valence-electron chi connectivity index (χ2n) is 3.76. The molecule has 0 aliphatic rings. The van der Waals surface area contributed by atoms with Gasteiger partial charge >= 0.3 is 0 Å². The number of rotatable bonds is 4. The summed E-state index contributed by atoms with van der Waals surface area (Å²) < 4.78 is 0. The number of carbonyl (C=O) groups excluding carboxylic acids is 1. The topological polar surface area (TPSA) is 20.3 Å². The van der Waals surface area contributed by atoms with E-state index in [0.717, 1.165) is 5.56 Å². The summed E-state index contributed by atoms with van der Waals surface area (Å²) in [6.07, 6.45) is 0. The maximum absolute atomic E-state index is 11.6. The molecule has 2 nitrogen and oxygen atoms in total. The lowest BCUT2D eigenvalue weighted by Gasteiger charge is -2.26. The third kappa shape index (κ3) is 3.59. The lowest BCUT2D eigenvalue weighted by atomic mass is 10.2. The molecule has 15 heavy (non-hydrogen) atoms. The SMILES string of the molecule is CC(C)N(Cc1ccccc1)C(=O)CS. The minimum atomic E-state index is 0.0807. The molecule has 0 aliphatic carbocycles. The van der Waals surface area contributed by atoms with Crippen LogP contribution in [0, 0.1) is 0 Å². The molecule has 0 heterocycles. The molecule has 0 saturated heterocycles. The number of benzene rings is 1. The van der Waals surface area contributed by atoms with Crippen molar-refractivity contribution < 1.29 is 4.79 Å². The van der Waals surface area contributed by atoms with E-state index in [1.807, 2.05) is 49.1 Å². The smallest absolute Gasteiger partial charge is 0.232 e. The molecule has 0 saturated carbocycles. The summed E-state index contributed by atoms with van der Waals surface area (Å²) in [6, 6.07) is 10.2. The van der Waals surface area contributed by atoms with E-state index in [1.54, 1.807) is 0 Å². The minimum absolute atomic E-state index is 0.0807. The van der Waals surface area contributed by atoms with Crippen LogP contribution >= 0.6 is 12.6 Å². The fraction of sp³-hybridized carbons (Fsp3) is 0.417. The van der Waals surface area contributed by atoms with Gasteiger partial charge in [0.2, 0.25) is 5.91 Å². The number of carbonyl (C=O) groups is 1. The highest BCUT2D eigenvalue weighted by molar-refractivity contribution is 7.81. The summed E-state index contributed by atoms with van der Waals surface area (Å²) in [6.45, 7) is 4.70. The number of hydrogen-bond acceptors (Lipinski definition) is 2. The molecule has 0 aromatic heterocycles. The number of nitrogens with zero attached hydrogens (tertiary/aromatic N) is 1. The zero-order valence-electron chi connectivity index (χ0n) is 9.18. The van der Waals surface area contributed by atoms with Crippen molar-refractivity contribution in [1.82, 2.24) is 4.90 Å². The quantitative estimate of drug-likeness (QED) is 0.777. The van der Waals surface area contributed by atoms with Gasteiger partial charge in [0.25, 0.3) is 0 Å². The van der Waals surface area contributed by atoms with Crippen molar-refractivity contribution in [2.45, 2.75) is 26.4 Å². The highest BCUT2D eigenvalue weighted by Crippen LogP contribution is 2.08. The van der Waals surface area contributed by atoms with E-state index in [0.29, 0.717) is 6.54 Å². The zero-order chi connectivity index (χ0) is 11.3. The maximum Gasteiger partial charge on any atom is 0.232 e. The van der Waals surface area contributed by atoms with Crippen molar-refractivity contribution in [2.75, 3.05) is 5.75 Å². The van der Waals surface area contributed by atoms with Crippen LogP contribution in [0.5, 0.6) is 0 Å². The van der Waals surface area contributed by atoms with Crippen LogP contribution in [0.3, 0.4) is 0 Å². The van der Waals surface area contributed by atoms with Gasteiger partial charge < -0.3 is 4.90 Å². The standard InChI is InChI=1S/C12H17NOS/c1-10(2)13(12(14)9-15)8-11-6-4-3-5-7-11/h3-7,10,15H,8-9H2,1-2H3. The van der Waals surface area contributed by atoms with E-state index in [2.05, 4.69) is 12.6 Å². The molecule has 0 bridgehead atoms. The second-order valence-corrected chi connectivity index (χ2v) is 4.08. The van der Waals surface area contributed by atoms with E-state index in [1.165, 1.54) is 0 Å². The van der Waals surface area contributed by atoms with E-state index < -0.39 is 0 Å². The molecule has 1 aromatic carbocycles. The average Bonchev–Trinajstić information content (AvgIpc) is 2.26. The Bertz CT molecular complexity index is 311. The lowest BCUT2D eigenvalue weighted by molar-refractivity contribution is -0.130. The minimum Gasteiger partial charge on any atom is -0.335 e. The molecule has 0 radical (unpaired) electrons. The number of hydrogen-bond donors (Lipinski definition) is 1. The molecule has 0 unspecified atom stereocenters. The number of thiol groups is 1. The molecule has 0 spiro atoms. The Morgan fingerprint density at radius 2 is 1.93 bits per heavy atom. The Balaban J connectivity index is 2.72. The molecule has 3 heteroatoms. The van der Waals surface area contributed by atoms with Gasteiger partial charge in [-0.05, 0) is 19.4 Å². The third-order valence-corrected chi connectivity index (χ3v) is 2.55. The Morgan fingerprint density at radius 3 is 2.40 bits per heavy atom. The summed E-state index contributed by atoms with van der Waals surface area (Å²) in [5, 5.41) is 0. The summed E-state index contributed by atoms with van der Waals surface area (Å²) in [5.41, 5.74) is 1.15. The summed E-state index contributed by atoms with van der Waals surface area (Å²) >= 11 is 4.02. The van der Waals surface area contributed by atoms with Crippen molar-refractivity contribution in [3.8, 4) is 0 Å². The Kier molecular flexibility index (Phi) is 4.69. The van der Waals surface area contributed by atoms with Crippen molar-refractivity contribution in [3.05, 3.63) is 35.9 Å². The Labute approximate surface area is 96.7 Å². The molecular formula is C12H17NOS. The van der Waals surface area contributed by atoms with Crippen LogP contribution in [0.25, 0.3) is 0 Å². The van der Waals surface area contributed by atoms with Crippen LogP contribution in [0.1, 0.15) is 19.4 Å². The first-order chi connectivity index (χ1) is 7.15. The highest BCUT2D eigenvalue weighted by atomic mass is 32.1. The van der Waals surface area contributed by atoms with Crippen LogP contribution in [0.4, 0.5) is 0 Å². The van der Waals surface area contributed by atoms with Crippen molar-refractivity contribution >= 4 is 18.5 Å².